The molecule has 1 N–H and O–H groups in total. The van der Waals surface area contributed by atoms with E-state index < -0.39 is 0 Å². The Morgan fingerprint density at radius 3 is 2.56 bits per heavy atom. The van der Waals surface area contributed by atoms with Gasteiger partial charge in [0.1, 0.15) is 0 Å². The highest BCUT2D eigenvalue weighted by atomic mass is 16.1. The second-order valence-corrected chi connectivity index (χ2v) is 3.92. The summed E-state index contributed by atoms with van der Waals surface area (Å²) in [5, 5.41) is 2.65. The van der Waals surface area contributed by atoms with E-state index in [-0.39, 0.29) is 18.2 Å². The van der Waals surface area contributed by atoms with Crippen LogP contribution >= 0.6 is 0 Å². The molecule has 18 heavy (non-hydrogen) atoms. The molecule has 0 saturated carbocycles. The van der Waals surface area contributed by atoms with Gasteiger partial charge in [-0.05, 0) is 24.3 Å². The highest BCUT2D eigenvalue weighted by molar-refractivity contribution is 5.96. The van der Waals surface area contributed by atoms with E-state index in [1.807, 2.05) is 0 Å². The van der Waals surface area contributed by atoms with Crippen LogP contribution in [0.15, 0.2) is 43.0 Å². The highest BCUT2D eigenvalue weighted by Gasteiger charge is 2.06. The average molecular weight is 243 g/mol. The summed E-state index contributed by atoms with van der Waals surface area (Å²) >= 11 is 0. The van der Waals surface area contributed by atoms with E-state index in [0.29, 0.717) is 11.3 Å². The Morgan fingerprint density at radius 1 is 1.28 bits per heavy atom. The van der Waals surface area contributed by atoms with Gasteiger partial charge in [0, 0.05) is 30.6 Å². The zero-order valence-electron chi connectivity index (χ0n) is 9.96. The number of Topliss-reactive ketones (excluding diaryl/α,β-unsaturated/α-hetero) is 1. The van der Waals surface area contributed by atoms with Crippen LogP contribution in [0.5, 0.6) is 0 Å². The maximum Gasteiger partial charge on any atom is 0.221 e. The lowest BCUT2D eigenvalue weighted by Gasteiger charge is -2.04. The molecule has 1 amide bonds. The summed E-state index contributed by atoms with van der Waals surface area (Å²) in [6, 6.07) is 6.82. The molecule has 0 unspecified atom stereocenters. The van der Waals surface area contributed by atoms with Crippen molar-refractivity contribution in [3.8, 4) is 0 Å². The molecule has 0 aliphatic heterocycles. The fourth-order valence-electron chi connectivity index (χ4n) is 1.58. The largest absolute Gasteiger partial charge is 0.330 e. The smallest absolute Gasteiger partial charge is 0.221 e. The minimum absolute atomic E-state index is 0.00220. The molecule has 0 saturated heterocycles. The second-order valence-electron chi connectivity index (χ2n) is 3.92. The number of imidazole rings is 1. The monoisotopic (exact) mass is 243 g/mol. The van der Waals surface area contributed by atoms with Gasteiger partial charge in [-0.25, -0.2) is 4.98 Å². The molecule has 0 spiro atoms. The maximum atomic E-state index is 11.9. The highest BCUT2D eigenvalue weighted by Crippen LogP contribution is 2.10. The zero-order chi connectivity index (χ0) is 13.0. The van der Waals surface area contributed by atoms with E-state index >= 15 is 0 Å². The number of carbonyl (C=O) groups is 2. The van der Waals surface area contributed by atoms with E-state index in [4.69, 9.17) is 0 Å². The van der Waals surface area contributed by atoms with Crippen molar-refractivity contribution in [2.75, 3.05) is 5.32 Å². The molecule has 1 aromatic carbocycles. The van der Waals surface area contributed by atoms with Crippen molar-refractivity contribution in [3.05, 3.63) is 48.5 Å². The normalized spacial score (nSPS) is 10.1. The predicted molar refractivity (Wildman–Crippen MR) is 67.3 cm³/mol. The molecule has 1 aromatic heterocycles. The summed E-state index contributed by atoms with van der Waals surface area (Å²) in [6.45, 7) is 1.71. The van der Waals surface area contributed by atoms with Gasteiger partial charge >= 0.3 is 0 Å². The number of hydrogen-bond acceptors (Lipinski definition) is 3. The van der Waals surface area contributed by atoms with Gasteiger partial charge in [0.2, 0.25) is 5.91 Å². The molecule has 0 aliphatic rings. The topological polar surface area (TPSA) is 64.0 Å². The van der Waals surface area contributed by atoms with Crippen LogP contribution in [0.25, 0.3) is 0 Å². The first-order valence-corrected chi connectivity index (χ1v) is 5.52. The first-order valence-electron chi connectivity index (χ1n) is 5.52. The summed E-state index contributed by atoms with van der Waals surface area (Å²) < 4.78 is 1.71. The molecule has 5 nitrogen and oxygen atoms in total. The van der Waals surface area contributed by atoms with Crippen molar-refractivity contribution in [2.45, 2.75) is 13.5 Å². The van der Waals surface area contributed by atoms with Crippen molar-refractivity contribution in [1.29, 1.82) is 0 Å². The summed E-state index contributed by atoms with van der Waals surface area (Å²) in [6.07, 6.45) is 4.97. The van der Waals surface area contributed by atoms with Crippen molar-refractivity contribution in [1.82, 2.24) is 9.55 Å². The third kappa shape index (κ3) is 3.04. The lowest BCUT2D eigenvalue weighted by molar-refractivity contribution is -0.114. The molecule has 1 heterocycles. The number of nitrogens with one attached hydrogen (secondary N) is 1. The van der Waals surface area contributed by atoms with Crippen molar-refractivity contribution < 1.29 is 9.59 Å². The fourth-order valence-corrected chi connectivity index (χ4v) is 1.58. The number of rotatable bonds is 4. The Bertz CT molecular complexity index is 544. The zero-order valence-corrected chi connectivity index (χ0v) is 9.96. The van der Waals surface area contributed by atoms with Gasteiger partial charge in [0.05, 0.1) is 12.9 Å². The molecule has 0 aliphatic carbocycles. The molecule has 0 bridgehead atoms. The lowest BCUT2D eigenvalue weighted by atomic mass is 10.1. The Balaban J connectivity index is 2.05. The molecule has 2 rings (SSSR count). The van der Waals surface area contributed by atoms with Crippen LogP contribution in [-0.2, 0) is 11.3 Å². The van der Waals surface area contributed by atoms with Crippen LogP contribution in [0.4, 0.5) is 5.69 Å². The minimum atomic E-state index is -0.132. The fraction of sp³-hybridized carbons (Fsp3) is 0.154. The van der Waals surface area contributed by atoms with Gasteiger partial charge < -0.3 is 9.88 Å². The van der Waals surface area contributed by atoms with Gasteiger partial charge in [0.25, 0.3) is 0 Å². The van der Waals surface area contributed by atoms with Crippen LogP contribution in [-0.4, -0.2) is 21.2 Å². The van der Waals surface area contributed by atoms with E-state index in [9.17, 15) is 9.59 Å². The summed E-state index contributed by atoms with van der Waals surface area (Å²) in [5.74, 6) is -0.130. The van der Waals surface area contributed by atoms with Crippen molar-refractivity contribution in [3.63, 3.8) is 0 Å². The number of anilines is 1. The number of benzene rings is 1. The Morgan fingerprint density at radius 2 is 2.00 bits per heavy atom. The standard InChI is InChI=1S/C13H13N3O2/c1-10(17)15-12-4-2-11(3-5-12)13(18)8-16-7-6-14-9-16/h2-7,9H,8H2,1H3,(H,15,17). The van der Waals surface area contributed by atoms with Crippen LogP contribution in [0, 0.1) is 0 Å². The summed E-state index contributed by atoms with van der Waals surface area (Å²) in [4.78, 5) is 26.6. The quantitative estimate of drug-likeness (QED) is 0.832. The average Bonchev–Trinajstić information content (AvgIpc) is 2.82. The Kier molecular flexibility index (Phi) is 3.52. The van der Waals surface area contributed by atoms with E-state index in [1.54, 1.807) is 47.6 Å². The first kappa shape index (κ1) is 12.0. The number of nitrogens with zero attached hydrogens (tertiary/aromatic N) is 2. The third-order valence-corrected chi connectivity index (χ3v) is 2.41. The number of aromatic nitrogens is 2. The molecule has 92 valence electrons. The number of ketones is 1. The molecular formula is C13H13N3O2. The first-order chi connectivity index (χ1) is 8.65. The molecule has 2 aromatic rings. The van der Waals surface area contributed by atoms with Gasteiger partial charge in [-0.15, -0.1) is 0 Å². The van der Waals surface area contributed by atoms with E-state index in [2.05, 4.69) is 10.3 Å². The SMILES string of the molecule is CC(=O)Nc1ccc(C(=O)Cn2ccnc2)cc1. The maximum absolute atomic E-state index is 11.9. The van der Waals surface area contributed by atoms with E-state index in [0.717, 1.165) is 0 Å². The van der Waals surface area contributed by atoms with Gasteiger partial charge in [-0.1, -0.05) is 0 Å². The molecule has 0 fully saturated rings. The summed E-state index contributed by atoms with van der Waals surface area (Å²) in [7, 11) is 0. The Hall–Kier alpha value is -2.43. The predicted octanol–water partition coefficient (Wildman–Crippen LogP) is 1.72. The second kappa shape index (κ2) is 5.27. The number of carbonyl (C=O) groups excluding carboxylic acids is 2. The molecule has 0 atom stereocenters. The third-order valence-electron chi connectivity index (χ3n) is 2.41. The molecule has 5 heteroatoms. The Labute approximate surface area is 104 Å². The molecule has 0 radical (unpaired) electrons. The van der Waals surface area contributed by atoms with Crippen molar-refractivity contribution >= 4 is 17.4 Å². The van der Waals surface area contributed by atoms with Crippen LogP contribution in [0.3, 0.4) is 0 Å². The number of amides is 1. The molecular weight excluding hydrogens is 230 g/mol. The van der Waals surface area contributed by atoms with Crippen molar-refractivity contribution in [2.24, 2.45) is 0 Å². The van der Waals surface area contributed by atoms with Crippen LogP contribution in [0.1, 0.15) is 17.3 Å². The van der Waals surface area contributed by atoms with Crippen LogP contribution in [0.2, 0.25) is 0 Å². The van der Waals surface area contributed by atoms with E-state index in [1.165, 1.54) is 6.92 Å². The van der Waals surface area contributed by atoms with Gasteiger partial charge in [-0.2, -0.15) is 0 Å². The summed E-state index contributed by atoms with van der Waals surface area (Å²) in [5.41, 5.74) is 1.29. The van der Waals surface area contributed by atoms with Gasteiger partial charge in [0.15, 0.2) is 5.78 Å². The number of hydrogen-bond donors (Lipinski definition) is 1. The minimum Gasteiger partial charge on any atom is -0.330 e. The lowest BCUT2D eigenvalue weighted by Crippen LogP contribution is -2.09. The van der Waals surface area contributed by atoms with Gasteiger partial charge in [-0.3, -0.25) is 9.59 Å². The van der Waals surface area contributed by atoms with Crippen LogP contribution < -0.4 is 5.32 Å².